The lowest BCUT2D eigenvalue weighted by Gasteiger charge is -2.11. The van der Waals surface area contributed by atoms with Crippen LogP contribution in [0.4, 0.5) is 0 Å². The molecule has 0 spiro atoms. The third kappa shape index (κ3) is 2.26. The van der Waals surface area contributed by atoms with Gasteiger partial charge in [-0.25, -0.2) is 0 Å². The van der Waals surface area contributed by atoms with Crippen LogP contribution in [0.3, 0.4) is 0 Å². The van der Waals surface area contributed by atoms with E-state index in [9.17, 15) is 4.79 Å². The highest BCUT2D eigenvalue weighted by molar-refractivity contribution is 6.34. The van der Waals surface area contributed by atoms with Crippen LogP contribution in [0.5, 0.6) is 0 Å². The van der Waals surface area contributed by atoms with Gasteiger partial charge in [0.2, 0.25) is 0 Å². The number of aromatic nitrogens is 1. The van der Waals surface area contributed by atoms with Crippen LogP contribution in [-0.4, -0.2) is 10.8 Å². The van der Waals surface area contributed by atoms with Crippen molar-refractivity contribution in [1.82, 2.24) is 4.98 Å². The first-order valence-corrected chi connectivity index (χ1v) is 5.50. The largest absolute Gasteiger partial charge is 0.289 e. The summed E-state index contributed by atoms with van der Waals surface area (Å²) in [5.74, 6) is 0.0575. The minimum absolute atomic E-state index is 0.0575. The molecule has 1 aromatic heterocycles. The fourth-order valence-electron chi connectivity index (χ4n) is 1.78. The van der Waals surface area contributed by atoms with Gasteiger partial charge in [0, 0.05) is 18.0 Å². The molecule has 1 heterocycles. The molecule has 1 aromatic rings. The molecule has 1 aliphatic carbocycles. The Hall–Kier alpha value is -1.15. The van der Waals surface area contributed by atoms with Crippen LogP contribution in [0, 0.1) is 0 Å². The minimum atomic E-state index is 0.0575. The quantitative estimate of drug-likeness (QED) is 0.717. The first-order chi connectivity index (χ1) is 7.29. The lowest BCUT2D eigenvalue weighted by atomic mass is 9.93. The predicted octanol–water partition coefficient (Wildman–Crippen LogP) is 3.42. The number of carbonyl (C=O) groups excluding carboxylic acids is 1. The smallest absolute Gasteiger partial charge is 0.190 e. The Kier molecular flexibility index (Phi) is 3.17. The van der Waals surface area contributed by atoms with Crippen molar-refractivity contribution >= 4 is 17.4 Å². The molecule has 78 valence electrons. The van der Waals surface area contributed by atoms with Crippen LogP contribution in [0.1, 0.15) is 36.0 Å². The molecule has 2 rings (SSSR count). The fraction of sp³-hybridized carbons (Fsp3) is 0.333. The van der Waals surface area contributed by atoms with Crippen molar-refractivity contribution in [3.63, 3.8) is 0 Å². The van der Waals surface area contributed by atoms with Gasteiger partial charge in [0.1, 0.15) is 0 Å². The average molecular weight is 222 g/mol. The topological polar surface area (TPSA) is 30.0 Å². The third-order valence-electron chi connectivity index (χ3n) is 2.60. The minimum Gasteiger partial charge on any atom is -0.289 e. The number of halogens is 1. The van der Waals surface area contributed by atoms with E-state index in [0.717, 1.165) is 24.8 Å². The number of ketones is 1. The zero-order chi connectivity index (χ0) is 10.7. The summed E-state index contributed by atoms with van der Waals surface area (Å²) in [7, 11) is 0. The summed E-state index contributed by atoms with van der Waals surface area (Å²) >= 11 is 5.93. The number of pyridine rings is 1. The first-order valence-electron chi connectivity index (χ1n) is 5.12. The van der Waals surface area contributed by atoms with E-state index >= 15 is 0 Å². The van der Waals surface area contributed by atoms with E-state index in [4.69, 9.17) is 11.6 Å². The summed E-state index contributed by atoms with van der Waals surface area (Å²) in [6.07, 6.45) is 9.30. The molecule has 1 aliphatic rings. The van der Waals surface area contributed by atoms with Gasteiger partial charge in [-0.3, -0.25) is 9.78 Å². The first kappa shape index (κ1) is 10.4. The van der Waals surface area contributed by atoms with E-state index < -0.39 is 0 Å². The number of rotatable bonds is 2. The number of allylic oxidation sites excluding steroid dienone is 2. The standard InChI is InChI=1S/C12H12ClNO/c13-11-8-14-7-6-10(11)12(15)9-4-2-1-3-5-9/h4,6-8H,1-3,5H2. The molecular weight excluding hydrogens is 210 g/mol. The molecule has 2 nitrogen and oxygen atoms in total. The summed E-state index contributed by atoms with van der Waals surface area (Å²) in [6.45, 7) is 0. The molecule has 0 fully saturated rings. The monoisotopic (exact) mass is 221 g/mol. The van der Waals surface area contributed by atoms with Gasteiger partial charge in [-0.05, 0) is 37.3 Å². The summed E-state index contributed by atoms with van der Waals surface area (Å²) in [4.78, 5) is 15.9. The normalized spacial score (nSPS) is 15.9. The van der Waals surface area contributed by atoms with E-state index in [-0.39, 0.29) is 5.78 Å². The number of Topliss-reactive ketones (excluding diaryl/α,β-unsaturated/α-hetero) is 1. The lowest BCUT2D eigenvalue weighted by Crippen LogP contribution is -2.07. The van der Waals surface area contributed by atoms with Crippen LogP contribution in [0.2, 0.25) is 5.02 Å². The molecule has 0 amide bonds. The molecule has 0 aliphatic heterocycles. The van der Waals surface area contributed by atoms with Crippen molar-refractivity contribution in [3.8, 4) is 0 Å². The van der Waals surface area contributed by atoms with Gasteiger partial charge in [-0.15, -0.1) is 0 Å². The highest BCUT2D eigenvalue weighted by atomic mass is 35.5. The maximum atomic E-state index is 12.0. The average Bonchev–Trinajstić information content (AvgIpc) is 2.30. The lowest BCUT2D eigenvalue weighted by molar-refractivity contribution is 0.102. The third-order valence-corrected chi connectivity index (χ3v) is 2.90. The maximum Gasteiger partial charge on any atom is 0.190 e. The maximum absolute atomic E-state index is 12.0. The molecule has 3 heteroatoms. The Bertz CT molecular complexity index is 412. The van der Waals surface area contributed by atoms with E-state index in [1.54, 1.807) is 12.3 Å². The molecule has 0 saturated heterocycles. The molecule has 0 bridgehead atoms. The van der Waals surface area contributed by atoms with Gasteiger partial charge in [-0.2, -0.15) is 0 Å². The Morgan fingerprint density at radius 2 is 2.27 bits per heavy atom. The van der Waals surface area contributed by atoms with Gasteiger partial charge in [0.15, 0.2) is 5.78 Å². The SMILES string of the molecule is O=C(C1=CCCCC1)c1ccncc1Cl. The molecule has 0 saturated carbocycles. The summed E-state index contributed by atoms with van der Waals surface area (Å²) < 4.78 is 0. The van der Waals surface area contributed by atoms with Crippen molar-refractivity contribution in [2.45, 2.75) is 25.7 Å². The Morgan fingerprint density at radius 3 is 2.93 bits per heavy atom. The highest BCUT2D eigenvalue weighted by Gasteiger charge is 2.16. The summed E-state index contributed by atoms with van der Waals surface area (Å²) in [5.41, 5.74) is 1.47. The molecule has 0 atom stereocenters. The van der Waals surface area contributed by atoms with Crippen LogP contribution < -0.4 is 0 Å². The van der Waals surface area contributed by atoms with Gasteiger partial charge in [-0.1, -0.05) is 17.7 Å². The predicted molar refractivity (Wildman–Crippen MR) is 60.1 cm³/mol. The van der Waals surface area contributed by atoms with Crippen LogP contribution in [0.25, 0.3) is 0 Å². The van der Waals surface area contributed by atoms with Crippen molar-refractivity contribution < 1.29 is 4.79 Å². The van der Waals surface area contributed by atoms with Crippen molar-refractivity contribution in [3.05, 3.63) is 40.7 Å². The van der Waals surface area contributed by atoms with Crippen molar-refractivity contribution in [1.29, 1.82) is 0 Å². The summed E-state index contributed by atoms with van der Waals surface area (Å²) in [6, 6.07) is 1.68. The van der Waals surface area contributed by atoms with Gasteiger partial charge < -0.3 is 0 Å². The van der Waals surface area contributed by atoms with Gasteiger partial charge in [0.25, 0.3) is 0 Å². The Labute approximate surface area is 94.0 Å². The molecule has 15 heavy (non-hydrogen) atoms. The fourth-order valence-corrected chi connectivity index (χ4v) is 1.98. The zero-order valence-electron chi connectivity index (χ0n) is 8.37. The van der Waals surface area contributed by atoms with Crippen LogP contribution in [0.15, 0.2) is 30.1 Å². The van der Waals surface area contributed by atoms with Gasteiger partial charge >= 0.3 is 0 Å². The molecule has 0 N–H and O–H groups in total. The zero-order valence-corrected chi connectivity index (χ0v) is 9.13. The second kappa shape index (κ2) is 4.58. The number of hydrogen-bond acceptors (Lipinski definition) is 2. The molecule has 0 radical (unpaired) electrons. The molecule has 0 aromatic carbocycles. The van der Waals surface area contributed by atoms with Crippen LogP contribution >= 0.6 is 11.6 Å². The van der Waals surface area contributed by atoms with Crippen molar-refractivity contribution in [2.75, 3.05) is 0 Å². The number of hydrogen-bond donors (Lipinski definition) is 0. The van der Waals surface area contributed by atoms with E-state index in [2.05, 4.69) is 4.98 Å². The van der Waals surface area contributed by atoms with E-state index in [0.29, 0.717) is 10.6 Å². The number of nitrogens with zero attached hydrogens (tertiary/aromatic N) is 1. The highest BCUT2D eigenvalue weighted by Crippen LogP contribution is 2.24. The Morgan fingerprint density at radius 1 is 1.40 bits per heavy atom. The molecular formula is C12H12ClNO. The second-order valence-electron chi connectivity index (χ2n) is 3.66. The van der Waals surface area contributed by atoms with E-state index in [1.165, 1.54) is 12.6 Å². The second-order valence-corrected chi connectivity index (χ2v) is 4.07. The van der Waals surface area contributed by atoms with Crippen LogP contribution in [-0.2, 0) is 0 Å². The van der Waals surface area contributed by atoms with E-state index in [1.807, 2.05) is 6.08 Å². The van der Waals surface area contributed by atoms with Gasteiger partial charge in [0.05, 0.1) is 5.02 Å². The number of carbonyl (C=O) groups is 1. The summed E-state index contributed by atoms with van der Waals surface area (Å²) in [5, 5.41) is 0.439. The van der Waals surface area contributed by atoms with Crippen molar-refractivity contribution in [2.24, 2.45) is 0 Å². The molecule has 0 unspecified atom stereocenters. The Balaban J connectivity index is 2.28.